The molecule has 2 aromatic heterocycles. The van der Waals surface area contributed by atoms with Crippen molar-refractivity contribution in [3.8, 4) is 6.07 Å². The lowest BCUT2D eigenvalue weighted by Crippen LogP contribution is -2.41. The maximum Gasteiger partial charge on any atom is 0.323 e. The molecule has 1 fully saturated rings. The number of esters is 1. The molecule has 0 bridgehead atoms. The molecular formula is C21H28N6O6. The van der Waals surface area contributed by atoms with Crippen molar-refractivity contribution in [3.63, 3.8) is 0 Å². The second kappa shape index (κ2) is 9.80. The van der Waals surface area contributed by atoms with E-state index in [0.29, 0.717) is 18.4 Å². The number of fused-ring (bicyclic) bond motifs is 1. The predicted octanol–water partition coefficient (Wildman–Crippen LogP) is -0.166. The molecule has 3 rings (SSSR count). The molecule has 0 unspecified atom stereocenters. The minimum atomic E-state index is -2.01. The molecule has 1 saturated heterocycles. The van der Waals surface area contributed by atoms with Crippen molar-refractivity contribution >= 4 is 23.2 Å². The molecule has 12 nitrogen and oxygen atoms in total. The Kier molecular flexibility index (Phi) is 7.28. The molecule has 0 radical (unpaired) electrons. The second-order valence-electron chi connectivity index (χ2n) is 8.26. The van der Waals surface area contributed by atoms with Crippen LogP contribution >= 0.6 is 0 Å². The highest BCUT2D eigenvalue weighted by atomic mass is 16.6. The summed E-state index contributed by atoms with van der Waals surface area (Å²) in [5, 5.41) is 38.1. The first-order chi connectivity index (χ1) is 15.7. The fraction of sp³-hybridized carbons (Fsp3) is 0.571. The number of aromatic nitrogens is 3. The number of hydrogen-bond acceptors (Lipinski definition) is 10. The smallest absolute Gasteiger partial charge is 0.323 e. The van der Waals surface area contributed by atoms with E-state index in [1.165, 1.54) is 16.9 Å². The highest BCUT2D eigenvalue weighted by molar-refractivity contribution is 5.93. The molecule has 3 heterocycles. The number of nitrogens with one attached hydrogen (secondary N) is 1. The third-order valence-corrected chi connectivity index (χ3v) is 5.57. The molecule has 2 aromatic rings. The Labute approximate surface area is 190 Å². The zero-order chi connectivity index (χ0) is 24.3. The normalized spacial score (nSPS) is 25.7. The van der Waals surface area contributed by atoms with Gasteiger partial charge in [-0.25, -0.2) is 9.50 Å². The zero-order valence-electron chi connectivity index (χ0n) is 18.6. The fourth-order valence-electron chi connectivity index (χ4n) is 3.58. The highest BCUT2D eigenvalue weighted by Gasteiger charge is 2.57. The predicted molar refractivity (Wildman–Crippen MR) is 114 cm³/mol. The molecule has 1 aliphatic rings. The first-order valence-corrected chi connectivity index (χ1v) is 10.7. The van der Waals surface area contributed by atoms with Gasteiger partial charge in [0.15, 0.2) is 5.82 Å². The summed E-state index contributed by atoms with van der Waals surface area (Å²) >= 11 is 0. The van der Waals surface area contributed by atoms with E-state index >= 15 is 0 Å². The Bertz CT molecular complexity index is 1070. The maximum atomic E-state index is 12.1. The zero-order valence-corrected chi connectivity index (χ0v) is 18.6. The van der Waals surface area contributed by atoms with Crippen molar-refractivity contribution in [2.24, 2.45) is 11.7 Å². The first-order valence-electron chi connectivity index (χ1n) is 10.7. The summed E-state index contributed by atoms with van der Waals surface area (Å²) in [6.45, 7) is 4.98. The number of nitriles is 1. The summed E-state index contributed by atoms with van der Waals surface area (Å²) in [4.78, 5) is 28.2. The molecule has 5 N–H and O–H groups in total. The van der Waals surface area contributed by atoms with Crippen LogP contribution in [0.1, 0.15) is 39.3 Å². The van der Waals surface area contributed by atoms with E-state index in [1.54, 1.807) is 19.9 Å². The number of anilines is 1. The number of ether oxygens (including phenoxy) is 2. The van der Waals surface area contributed by atoms with E-state index in [-0.39, 0.29) is 23.3 Å². The number of aliphatic hydroxyl groups is 2. The Morgan fingerprint density at radius 2 is 2.15 bits per heavy atom. The van der Waals surface area contributed by atoms with E-state index in [1.807, 2.05) is 13.0 Å². The lowest BCUT2D eigenvalue weighted by molar-refractivity contribution is -0.153. The minimum absolute atomic E-state index is 0.118. The van der Waals surface area contributed by atoms with Crippen molar-refractivity contribution in [2.45, 2.75) is 63.6 Å². The van der Waals surface area contributed by atoms with Crippen LogP contribution in [0.4, 0.5) is 5.82 Å². The monoisotopic (exact) mass is 460 g/mol. The second-order valence-corrected chi connectivity index (χ2v) is 8.26. The fourth-order valence-corrected chi connectivity index (χ4v) is 3.58. The van der Waals surface area contributed by atoms with Crippen molar-refractivity contribution in [2.75, 3.05) is 11.9 Å². The van der Waals surface area contributed by atoms with Crippen LogP contribution in [0, 0.1) is 17.2 Å². The third-order valence-electron chi connectivity index (χ3n) is 5.57. The van der Waals surface area contributed by atoms with Crippen molar-refractivity contribution in [3.05, 3.63) is 24.2 Å². The van der Waals surface area contributed by atoms with Gasteiger partial charge < -0.3 is 30.7 Å². The Hall–Kier alpha value is -3.11. The van der Waals surface area contributed by atoms with Gasteiger partial charge in [0, 0.05) is 6.42 Å². The van der Waals surface area contributed by atoms with Gasteiger partial charge >= 0.3 is 5.97 Å². The van der Waals surface area contributed by atoms with Gasteiger partial charge in [0.05, 0.1) is 5.69 Å². The Morgan fingerprint density at radius 1 is 1.42 bits per heavy atom. The SMILES string of the molecule is CCCC(=O)Nc1ncnn2c([C@]3(C#N)O[C@H](COC(=O)[C@@H](N)C(C)C)[C@@H](O)[C@H]3O)ccc12. The number of amides is 1. The molecular weight excluding hydrogens is 432 g/mol. The van der Waals surface area contributed by atoms with Crippen LogP contribution in [0.5, 0.6) is 0 Å². The van der Waals surface area contributed by atoms with Gasteiger partial charge in [-0.2, -0.15) is 10.4 Å². The van der Waals surface area contributed by atoms with Gasteiger partial charge in [0.25, 0.3) is 0 Å². The molecule has 1 amide bonds. The summed E-state index contributed by atoms with van der Waals surface area (Å²) in [6, 6.07) is 4.12. The summed E-state index contributed by atoms with van der Waals surface area (Å²) in [5.41, 5.74) is 4.24. The summed E-state index contributed by atoms with van der Waals surface area (Å²) in [7, 11) is 0. The van der Waals surface area contributed by atoms with Gasteiger partial charge in [-0.05, 0) is 24.5 Å². The Morgan fingerprint density at radius 3 is 2.79 bits per heavy atom. The first kappa shape index (κ1) is 24.5. The maximum absolute atomic E-state index is 12.1. The molecule has 0 spiro atoms. The van der Waals surface area contributed by atoms with E-state index in [4.69, 9.17) is 15.2 Å². The summed E-state index contributed by atoms with van der Waals surface area (Å²) in [6.07, 6.45) is -2.23. The number of carbonyl (C=O) groups excluding carboxylic acids is 2. The molecule has 0 aliphatic carbocycles. The van der Waals surface area contributed by atoms with Crippen LogP contribution in [0.2, 0.25) is 0 Å². The number of rotatable bonds is 8. The third kappa shape index (κ3) is 4.53. The molecule has 0 saturated carbocycles. The Balaban J connectivity index is 1.89. The largest absolute Gasteiger partial charge is 0.462 e. The molecule has 5 atom stereocenters. The van der Waals surface area contributed by atoms with Crippen LogP contribution < -0.4 is 11.1 Å². The highest BCUT2D eigenvalue weighted by Crippen LogP contribution is 2.40. The van der Waals surface area contributed by atoms with Gasteiger partial charge in [-0.1, -0.05) is 20.8 Å². The number of carbonyl (C=O) groups is 2. The van der Waals surface area contributed by atoms with Crippen LogP contribution in [-0.4, -0.2) is 67.6 Å². The van der Waals surface area contributed by atoms with E-state index < -0.39 is 42.5 Å². The quantitative estimate of drug-likeness (QED) is 0.386. The van der Waals surface area contributed by atoms with Crippen LogP contribution in [0.15, 0.2) is 18.5 Å². The molecule has 33 heavy (non-hydrogen) atoms. The molecule has 0 aromatic carbocycles. The van der Waals surface area contributed by atoms with Gasteiger partial charge in [-0.3, -0.25) is 9.59 Å². The topological polar surface area (TPSA) is 185 Å². The summed E-state index contributed by atoms with van der Waals surface area (Å²) in [5.74, 6) is -0.846. The lowest BCUT2D eigenvalue weighted by atomic mass is 9.92. The van der Waals surface area contributed by atoms with Crippen LogP contribution in [0.25, 0.3) is 5.52 Å². The van der Waals surface area contributed by atoms with E-state index in [0.717, 1.165) is 0 Å². The van der Waals surface area contributed by atoms with Crippen LogP contribution in [-0.2, 0) is 24.7 Å². The van der Waals surface area contributed by atoms with Crippen molar-refractivity contribution in [1.29, 1.82) is 5.26 Å². The number of nitrogens with two attached hydrogens (primary N) is 1. The standard InChI is InChI=1S/C21H28N6O6/c1-4-5-15(28)26-19-12-6-7-14(27(12)25-10-24-19)21(9-22)18(30)17(29)13(33-21)8-32-20(31)16(23)11(2)3/h6-7,10-11,13,16-18,29-30H,4-5,8,23H2,1-3H3,(H,24,25,26,28)/t13-,16+,17-,18-,21+/m1/s1. The number of aliphatic hydroxyl groups excluding tert-OH is 2. The van der Waals surface area contributed by atoms with Gasteiger partial charge in [-0.15, -0.1) is 0 Å². The number of nitrogens with zero attached hydrogens (tertiary/aromatic N) is 4. The van der Waals surface area contributed by atoms with Crippen LogP contribution in [0.3, 0.4) is 0 Å². The van der Waals surface area contributed by atoms with Crippen molar-refractivity contribution < 1.29 is 29.3 Å². The van der Waals surface area contributed by atoms with E-state index in [2.05, 4.69) is 15.4 Å². The average molecular weight is 460 g/mol. The molecule has 178 valence electrons. The van der Waals surface area contributed by atoms with Gasteiger partial charge in [0.1, 0.15) is 48.9 Å². The van der Waals surface area contributed by atoms with Gasteiger partial charge in [0.2, 0.25) is 11.5 Å². The average Bonchev–Trinajstić information content (AvgIpc) is 3.33. The number of hydrogen-bond donors (Lipinski definition) is 4. The summed E-state index contributed by atoms with van der Waals surface area (Å²) < 4.78 is 12.2. The lowest BCUT2D eigenvalue weighted by Gasteiger charge is -2.24. The minimum Gasteiger partial charge on any atom is -0.462 e. The van der Waals surface area contributed by atoms with E-state index in [9.17, 15) is 25.1 Å². The molecule has 1 aliphatic heterocycles. The molecule has 12 heteroatoms. The van der Waals surface area contributed by atoms with Crippen molar-refractivity contribution in [1.82, 2.24) is 14.6 Å².